The number of nitrogens with two attached hydrogens (primary N) is 1. The van der Waals surface area contributed by atoms with E-state index in [9.17, 15) is 0 Å². The summed E-state index contributed by atoms with van der Waals surface area (Å²) in [5, 5.41) is 12.3. The summed E-state index contributed by atoms with van der Waals surface area (Å²) >= 11 is 0. The van der Waals surface area contributed by atoms with Crippen LogP contribution in [0.1, 0.15) is 17.5 Å². The number of hydrogen-bond acceptors (Lipinski definition) is 3. The summed E-state index contributed by atoms with van der Waals surface area (Å²) in [6.45, 7) is 1.42. The largest absolute Gasteiger partial charge is 0.395 e. The zero-order valence-corrected chi connectivity index (χ0v) is 9.58. The van der Waals surface area contributed by atoms with Gasteiger partial charge in [0.1, 0.15) is 0 Å². The lowest BCUT2D eigenvalue weighted by atomic mass is 9.78. The number of hydrogen-bond donors (Lipinski definition) is 3. The van der Waals surface area contributed by atoms with Gasteiger partial charge in [-0.25, -0.2) is 0 Å². The quantitative estimate of drug-likeness (QED) is 0.690. The van der Waals surface area contributed by atoms with Crippen molar-refractivity contribution < 1.29 is 5.11 Å². The fourth-order valence-corrected chi connectivity index (χ4v) is 2.52. The van der Waals surface area contributed by atoms with Crippen LogP contribution in [0.15, 0.2) is 24.3 Å². The van der Waals surface area contributed by atoms with Gasteiger partial charge in [-0.2, -0.15) is 0 Å². The molecule has 3 nitrogen and oxygen atoms in total. The summed E-state index contributed by atoms with van der Waals surface area (Å²) in [6.07, 6.45) is 3.10. The molecule has 0 fully saturated rings. The van der Waals surface area contributed by atoms with E-state index in [0.29, 0.717) is 13.1 Å². The van der Waals surface area contributed by atoms with Crippen molar-refractivity contribution in [1.82, 2.24) is 5.32 Å². The van der Waals surface area contributed by atoms with E-state index in [2.05, 4.69) is 29.6 Å². The Bertz CT molecular complexity index is 354. The minimum absolute atomic E-state index is 0.0168. The molecule has 1 aromatic carbocycles. The second-order valence-corrected chi connectivity index (χ2v) is 4.58. The topological polar surface area (TPSA) is 58.3 Å². The molecule has 1 unspecified atom stereocenters. The van der Waals surface area contributed by atoms with Gasteiger partial charge in [-0.05, 0) is 30.4 Å². The zero-order valence-electron chi connectivity index (χ0n) is 9.58. The number of fused-ring (bicyclic) bond motifs is 1. The highest BCUT2D eigenvalue weighted by atomic mass is 16.3. The molecule has 4 N–H and O–H groups in total. The standard InChI is InChI=1S/C13H20N2O/c14-10-13(15-7-8-16)6-5-11-3-1-2-4-12(11)9-13/h1-4,15-16H,5-10,14H2. The first-order valence-corrected chi connectivity index (χ1v) is 5.92. The third-order valence-corrected chi connectivity index (χ3v) is 3.52. The average Bonchev–Trinajstić information content (AvgIpc) is 2.36. The number of benzene rings is 1. The van der Waals surface area contributed by atoms with Crippen LogP contribution in [0.3, 0.4) is 0 Å². The molecule has 1 atom stereocenters. The lowest BCUT2D eigenvalue weighted by Crippen LogP contribution is -2.55. The molecular formula is C13H20N2O. The van der Waals surface area contributed by atoms with Crippen LogP contribution in [0.4, 0.5) is 0 Å². The molecule has 1 aliphatic carbocycles. The molecule has 0 aliphatic heterocycles. The lowest BCUT2D eigenvalue weighted by Gasteiger charge is -2.38. The van der Waals surface area contributed by atoms with Crippen LogP contribution < -0.4 is 11.1 Å². The predicted molar refractivity (Wildman–Crippen MR) is 65.3 cm³/mol. The number of nitrogens with one attached hydrogen (secondary N) is 1. The molecule has 2 rings (SSSR count). The van der Waals surface area contributed by atoms with Crippen molar-refractivity contribution in [3.63, 3.8) is 0 Å². The maximum atomic E-state index is 8.90. The molecule has 1 aliphatic rings. The molecule has 0 bridgehead atoms. The molecule has 0 aromatic heterocycles. The molecule has 0 radical (unpaired) electrons. The summed E-state index contributed by atoms with van der Waals surface area (Å²) in [5.74, 6) is 0. The Balaban J connectivity index is 2.15. The average molecular weight is 220 g/mol. The predicted octanol–water partition coefficient (Wildman–Crippen LogP) is 0.455. The van der Waals surface area contributed by atoms with Crippen LogP contribution in [-0.4, -0.2) is 30.3 Å². The van der Waals surface area contributed by atoms with Crippen molar-refractivity contribution in [1.29, 1.82) is 0 Å². The summed E-state index contributed by atoms with van der Waals surface area (Å²) in [7, 11) is 0. The Morgan fingerprint density at radius 3 is 2.75 bits per heavy atom. The number of rotatable bonds is 4. The van der Waals surface area contributed by atoms with Crippen molar-refractivity contribution in [3.8, 4) is 0 Å². The van der Waals surface area contributed by atoms with Gasteiger partial charge in [0.25, 0.3) is 0 Å². The Morgan fingerprint density at radius 2 is 2.06 bits per heavy atom. The zero-order chi connectivity index (χ0) is 11.4. The summed E-state index contributed by atoms with van der Waals surface area (Å²) in [5.41, 5.74) is 8.71. The first-order valence-electron chi connectivity index (χ1n) is 5.92. The number of aliphatic hydroxyl groups excluding tert-OH is 1. The third kappa shape index (κ3) is 2.26. The van der Waals surface area contributed by atoms with E-state index in [4.69, 9.17) is 10.8 Å². The number of β-amino-alcohol motifs (C(OH)–C–C–N with tert-alkyl or cyclic N) is 1. The van der Waals surface area contributed by atoms with Gasteiger partial charge in [0.15, 0.2) is 0 Å². The van der Waals surface area contributed by atoms with Crippen LogP contribution in [0, 0.1) is 0 Å². The van der Waals surface area contributed by atoms with Crippen LogP contribution in [0.5, 0.6) is 0 Å². The van der Waals surface area contributed by atoms with E-state index in [1.54, 1.807) is 0 Å². The highest BCUT2D eigenvalue weighted by Crippen LogP contribution is 2.27. The van der Waals surface area contributed by atoms with Gasteiger partial charge in [-0.15, -0.1) is 0 Å². The summed E-state index contributed by atoms with van der Waals surface area (Å²) in [6, 6.07) is 8.55. The van der Waals surface area contributed by atoms with Crippen molar-refractivity contribution in [2.75, 3.05) is 19.7 Å². The molecule has 0 heterocycles. The van der Waals surface area contributed by atoms with Crippen molar-refractivity contribution in [3.05, 3.63) is 35.4 Å². The van der Waals surface area contributed by atoms with Crippen molar-refractivity contribution >= 4 is 0 Å². The van der Waals surface area contributed by atoms with Gasteiger partial charge in [-0.3, -0.25) is 0 Å². The Hall–Kier alpha value is -0.900. The molecule has 0 saturated heterocycles. The Morgan fingerprint density at radius 1 is 1.31 bits per heavy atom. The van der Waals surface area contributed by atoms with Crippen LogP contribution in [0.2, 0.25) is 0 Å². The first kappa shape index (κ1) is 11.6. The number of aliphatic hydroxyl groups is 1. The maximum Gasteiger partial charge on any atom is 0.0556 e. The monoisotopic (exact) mass is 220 g/mol. The van der Waals surface area contributed by atoms with Gasteiger partial charge >= 0.3 is 0 Å². The normalized spacial score (nSPS) is 24.1. The third-order valence-electron chi connectivity index (χ3n) is 3.52. The van der Waals surface area contributed by atoms with Gasteiger partial charge in [0.05, 0.1) is 6.61 Å². The highest BCUT2D eigenvalue weighted by molar-refractivity contribution is 5.32. The molecule has 16 heavy (non-hydrogen) atoms. The van der Waals surface area contributed by atoms with Gasteiger partial charge in [0.2, 0.25) is 0 Å². The summed E-state index contributed by atoms with van der Waals surface area (Å²) in [4.78, 5) is 0. The van der Waals surface area contributed by atoms with E-state index in [1.165, 1.54) is 11.1 Å². The van der Waals surface area contributed by atoms with Crippen molar-refractivity contribution in [2.45, 2.75) is 24.8 Å². The van der Waals surface area contributed by atoms with Crippen molar-refractivity contribution in [2.24, 2.45) is 5.73 Å². The van der Waals surface area contributed by atoms with Crippen LogP contribution in [0.25, 0.3) is 0 Å². The Kier molecular flexibility index (Phi) is 3.59. The maximum absolute atomic E-state index is 8.90. The minimum Gasteiger partial charge on any atom is -0.395 e. The second-order valence-electron chi connectivity index (χ2n) is 4.58. The molecule has 0 spiro atoms. The fraction of sp³-hybridized carbons (Fsp3) is 0.538. The second kappa shape index (κ2) is 4.95. The molecule has 0 amide bonds. The van der Waals surface area contributed by atoms with Gasteiger partial charge in [-0.1, -0.05) is 24.3 Å². The van der Waals surface area contributed by atoms with E-state index in [1.807, 2.05) is 0 Å². The SMILES string of the molecule is NCC1(NCCO)CCc2ccccc2C1. The van der Waals surface area contributed by atoms with Gasteiger partial charge in [0, 0.05) is 18.6 Å². The van der Waals surface area contributed by atoms with E-state index >= 15 is 0 Å². The smallest absolute Gasteiger partial charge is 0.0556 e. The number of aryl methyl sites for hydroxylation is 1. The van der Waals surface area contributed by atoms with Crippen LogP contribution in [-0.2, 0) is 12.8 Å². The van der Waals surface area contributed by atoms with E-state index in [0.717, 1.165) is 19.3 Å². The van der Waals surface area contributed by atoms with Gasteiger partial charge < -0.3 is 16.2 Å². The first-order chi connectivity index (χ1) is 7.79. The fourth-order valence-electron chi connectivity index (χ4n) is 2.52. The molecule has 88 valence electrons. The minimum atomic E-state index is -0.0168. The lowest BCUT2D eigenvalue weighted by molar-refractivity contribution is 0.238. The molecule has 0 saturated carbocycles. The highest BCUT2D eigenvalue weighted by Gasteiger charge is 2.32. The molecule has 1 aromatic rings. The van der Waals surface area contributed by atoms with E-state index < -0.39 is 0 Å². The molecular weight excluding hydrogens is 200 g/mol. The molecule has 3 heteroatoms. The Labute approximate surface area is 96.7 Å². The van der Waals surface area contributed by atoms with E-state index in [-0.39, 0.29) is 12.1 Å². The van der Waals surface area contributed by atoms with Crippen LogP contribution >= 0.6 is 0 Å². The summed E-state index contributed by atoms with van der Waals surface area (Å²) < 4.78 is 0.